The summed E-state index contributed by atoms with van der Waals surface area (Å²) in [4.78, 5) is 12.1. The Kier molecular flexibility index (Phi) is 3.89. The van der Waals surface area contributed by atoms with E-state index in [0.29, 0.717) is 25.1 Å². The fourth-order valence-electron chi connectivity index (χ4n) is 2.21. The van der Waals surface area contributed by atoms with Crippen LogP contribution in [0, 0.1) is 11.7 Å². The zero-order valence-electron chi connectivity index (χ0n) is 10.1. The number of ketones is 1. The summed E-state index contributed by atoms with van der Waals surface area (Å²) in [5.74, 6) is -2.05. The minimum Gasteiger partial charge on any atom is -0.316 e. The van der Waals surface area contributed by atoms with Gasteiger partial charge >= 0.3 is 6.18 Å². The van der Waals surface area contributed by atoms with Crippen LogP contribution >= 0.6 is 0 Å². The minimum atomic E-state index is -4.79. The third-order valence-corrected chi connectivity index (χ3v) is 3.22. The molecule has 2 rings (SSSR count). The number of carbonyl (C=O) groups is 1. The van der Waals surface area contributed by atoms with Gasteiger partial charge in [0.15, 0.2) is 5.78 Å². The molecule has 1 aliphatic heterocycles. The summed E-state index contributed by atoms with van der Waals surface area (Å²) in [6.07, 6.45) is -3.33. The van der Waals surface area contributed by atoms with Crippen LogP contribution in [-0.2, 0) is 6.18 Å². The molecule has 1 aromatic rings. The zero-order valence-corrected chi connectivity index (χ0v) is 10.1. The Morgan fingerprint density at radius 2 is 2.05 bits per heavy atom. The van der Waals surface area contributed by atoms with Crippen molar-refractivity contribution < 1.29 is 22.4 Å². The van der Waals surface area contributed by atoms with Gasteiger partial charge in [-0.2, -0.15) is 13.2 Å². The van der Waals surface area contributed by atoms with E-state index in [9.17, 15) is 22.4 Å². The molecule has 1 N–H and O–H groups in total. The first-order valence-electron chi connectivity index (χ1n) is 6.01. The number of Topliss-reactive ketones (excluding diaryl/α,β-unsaturated/α-hetero) is 1. The lowest BCUT2D eigenvalue weighted by molar-refractivity contribution is -0.140. The summed E-state index contributed by atoms with van der Waals surface area (Å²) in [5, 5.41) is 3.02. The van der Waals surface area contributed by atoms with Crippen LogP contribution in [0.5, 0.6) is 0 Å². The van der Waals surface area contributed by atoms with Crippen LogP contribution < -0.4 is 5.32 Å². The molecular formula is C13H13F4NO. The quantitative estimate of drug-likeness (QED) is 0.664. The number of rotatable bonds is 2. The molecule has 0 aliphatic carbocycles. The highest BCUT2D eigenvalue weighted by Crippen LogP contribution is 2.32. The molecule has 104 valence electrons. The van der Waals surface area contributed by atoms with Crippen LogP contribution in [0.25, 0.3) is 0 Å². The summed E-state index contributed by atoms with van der Waals surface area (Å²) in [5.41, 5.74) is -1.47. The number of hydrogen-bond acceptors (Lipinski definition) is 2. The topological polar surface area (TPSA) is 29.1 Å². The van der Waals surface area contributed by atoms with Gasteiger partial charge in [-0.25, -0.2) is 4.39 Å². The van der Waals surface area contributed by atoms with Crippen LogP contribution in [0.15, 0.2) is 18.2 Å². The third kappa shape index (κ3) is 3.12. The van der Waals surface area contributed by atoms with Gasteiger partial charge in [0.2, 0.25) is 0 Å². The molecule has 1 fully saturated rings. The Balaban J connectivity index is 2.27. The first kappa shape index (κ1) is 14.0. The van der Waals surface area contributed by atoms with Gasteiger partial charge in [0.05, 0.1) is 5.56 Å². The van der Waals surface area contributed by atoms with E-state index in [1.54, 1.807) is 0 Å². The second kappa shape index (κ2) is 5.28. The van der Waals surface area contributed by atoms with E-state index in [1.165, 1.54) is 0 Å². The predicted octanol–water partition coefficient (Wildman–Crippen LogP) is 3.03. The molecule has 2 nitrogen and oxygen atoms in total. The van der Waals surface area contributed by atoms with Gasteiger partial charge in [0, 0.05) is 18.0 Å². The molecule has 0 aromatic heterocycles. The second-order valence-corrected chi connectivity index (χ2v) is 4.60. The highest BCUT2D eigenvalue weighted by Gasteiger charge is 2.35. The van der Waals surface area contributed by atoms with Crippen molar-refractivity contribution in [1.82, 2.24) is 5.32 Å². The van der Waals surface area contributed by atoms with E-state index in [0.717, 1.165) is 19.0 Å². The minimum absolute atomic E-state index is 0.0811. The van der Waals surface area contributed by atoms with Crippen LogP contribution in [0.1, 0.15) is 28.8 Å². The van der Waals surface area contributed by atoms with Crippen molar-refractivity contribution >= 4 is 5.78 Å². The lowest BCUT2D eigenvalue weighted by atomic mass is 9.90. The largest absolute Gasteiger partial charge is 0.419 e. The van der Waals surface area contributed by atoms with E-state index in [2.05, 4.69) is 5.32 Å². The lowest BCUT2D eigenvalue weighted by Gasteiger charge is -2.21. The molecule has 0 saturated carbocycles. The molecule has 1 aliphatic rings. The van der Waals surface area contributed by atoms with E-state index >= 15 is 0 Å². The molecule has 1 heterocycles. The molecule has 0 amide bonds. The highest BCUT2D eigenvalue weighted by atomic mass is 19.4. The lowest BCUT2D eigenvalue weighted by Crippen LogP contribution is -2.34. The van der Waals surface area contributed by atoms with Gasteiger partial charge in [-0.3, -0.25) is 4.79 Å². The first-order chi connectivity index (χ1) is 8.89. The van der Waals surface area contributed by atoms with Crippen molar-refractivity contribution in [1.29, 1.82) is 0 Å². The standard InChI is InChI=1S/C13H13F4NO/c14-11-4-3-8(6-10(11)13(15,16)17)12(19)9-2-1-5-18-7-9/h3-4,6,9,18H,1-2,5,7H2. The Hall–Kier alpha value is -1.43. The van der Waals surface area contributed by atoms with Gasteiger partial charge in [-0.05, 0) is 37.6 Å². The molecule has 0 spiro atoms. The smallest absolute Gasteiger partial charge is 0.316 e. The number of hydrogen-bond donors (Lipinski definition) is 1. The summed E-state index contributed by atoms with van der Waals surface area (Å²) in [7, 11) is 0. The molecular weight excluding hydrogens is 262 g/mol. The monoisotopic (exact) mass is 275 g/mol. The maximum Gasteiger partial charge on any atom is 0.419 e. The molecule has 0 radical (unpaired) electrons. The van der Waals surface area contributed by atoms with Crippen LogP contribution in [0.2, 0.25) is 0 Å². The van der Waals surface area contributed by atoms with E-state index in [1.807, 2.05) is 0 Å². The van der Waals surface area contributed by atoms with Gasteiger partial charge in [-0.1, -0.05) is 0 Å². The average molecular weight is 275 g/mol. The normalized spacial score (nSPS) is 20.3. The first-order valence-corrected chi connectivity index (χ1v) is 6.01. The van der Waals surface area contributed by atoms with Crippen LogP contribution in [-0.4, -0.2) is 18.9 Å². The van der Waals surface area contributed by atoms with Crippen molar-refractivity contribution in [3.05, 3.63) is 35.1 Å². The molecule has 0 bridgehead atoms. The van der Waals surface area contributed by atoms with E-state index < -0.39 is 17.6 Å². The van der Waals surface area contributed by atoms with Crippen molar-refractivity contribution in [2.75, 3.05) is 13.1 Å². The van der Waals surface area contributed by atoms with Gasteiger partial charge in [-0.15, -0.1) is 0 Å². The Labute approximate surface area is 107 Å². The van der Waals surface area contributed by atoms with Crippen molar-refractivity contribution in [2.45, 2.75) is 19.0 Å². The molecule has 6 heteroatoms. The number of carbonyl (C=O) groups excluding carboxylic acids is 1. The summed E-state index contributed by atoms with van der Waals surface area (Å²) < 4.78 is 50.8. The average Bonchev–Trinajstić information content (AvgIpc) is 2.38. The predicted molar refractivity (Wildman–Crippen MR) is 61.3 cm³/mol. The van der Waals surface area contributed by atoms with Gasteiger partial charge in [0.1, 0.15) is 5.82 Å². The van der Waals surface area contributed by atoms with Crippen molar-refractivity contribution in [3.8, 4) is 0 Å². The van der Waals surface area contributed by atoms with E-state index in [-0.39, 0.29) is 17.3 Å². The van der Waals surface area contributed by atoms with Crippen molar-refractivity contribution in [2.24, 2.45) is 5.92 Å². The molecule has 1 saturated heterocycles. The van der Waals surface area contributed by atoms with Crippen molar-refractivity contribution in [3.63, 3.8) is 0 Å². The zero-order chi connectivity index (χ0) is 14.0. The Morgan fingerprint density at radius 3 is 2.63 bits per heavy atom. The Morgan fingerprint density at radius 1 is 1.32 bits per heavy atom. The fraction of sp³-hybridized carbons (Fsp3) is 0.462. The Bertz CT molecular complexity index is 478. The SMILES string of the molecule is O=C(c1ccc(F)c(C(F)(F)F)c1)C1CCCNC1. The van der Waals surface area contributed by atoms with Gasteiger partial charge < -0.3 is 5.32 Å². The van der Waals surface area contributed by atoms with Gasteiger partial charge in [0.25, 0.3) is 0 Å². The second-order valence-electron chi connectivity index (χ2n) is 4.60. The summed E-state index contributed by atoms with van der Waals surface area (Å²) >= 11 is 0. The molecule has 1 aromatic carbocycles. The number of benzene rings is 1. The van der Waals surface area contributed by atoms with Crippen LogP contribution in [0.3, 0.4) is 0 Å². The van der Waals surface area contributed by atoms with Crippen LogP contribution in [0.4, 0.5) is 17.6 Å². The number of alkyl halides is 3. The maximum absolute atomic E-state index is 13.1. The molecule has 1 atom stereocenters. The maximum atomic E-state index is 13.1. The third-order valence-electron chi connectivity index (χ3n) is 3.22. The number of piperidine rings is 1. The summed E-state index contributed by atoms with van der Waals surface area (Å²) in [6.45, 7) is 1.26. The number of nitrogens with one attached hydrogen (secondary N) is 1. The molecule has 19 heavy (non-hydrogen) atoms. The molecule has 1 unspecified atom stereocenters. The highest BCUT2D eigenvalue weighted by molar-refractivity contribution is 5.98. The van der Waals surface area contributed by atoms with E-state index in [4.69, 9.17) is 0 Å². The summed E-state index contributed by atoms with van der Waals surface area (Å²) in [6, 6.07) is 2.42. The fourth-order valence-corrected chi connectivity index (χ4v) is 2.21. The number of halogens is 4.